The summed E-state index contributed by atoms with van der Waals surface area (Å²) in [6, 6.07) is 6.91. The van der Waals surface area contributed by atoms with Crippen molar-refractivity contribution in [2.75, 3.05) is 5.32 Å². The molecule has 4 nitrogen and oxygen atoms in total. The maximum Gasteiger partial charge on any atom is 0.273 e. The minimum Gasteiger partial charge on any atom is -0.320 e. The summed E-state index contributed by atoms with van der Waals surface area (Å²) in [4.78, 5) is 11.7. The summed E-state index contributed by atoms with van der Waals surface area (Å²) in [5.74, 6) is -0.220. The Balaban J connectivity index is 2.18. The van der Waals surface area contributed by atoms with Gasteiger partial charge in [-0.2, -0.15) is 5.10 Å². The molecule has 82 valence electrons. The van der Waals surface area contributed by atoms with Gasteiger partial charge in [-0.25, -0.2) is 0 Å². The van der Waals surface area contributed by atoms with Crippen molar-refractivity contribution in [3.63, 3.8) is 0 Å². The number of hydrogen-bond acceptors (Lipinski definition) is 2. The molecule has 0 aliphatic rings. The van der Waals surface area contributed by atoms with Gasteiger partial charge in [-0.15, -0.1) is 0 Å². The zero-order chi connectivity index (χ0) is 11.5. The number of nitrogens with one attached hydrogen (secondary N) is 2. The Morgan fingerprint density at radius 2 is 2.25 bits per heavy atom. The quantitative estimate of drug-likeness (QED) is 0.841. The lowest BCUT2D eigenvalue weighted by Gasteiger charge is -2.07. The molecule has 0 spiro atoms. The predicted octanol–water partition coefficient (Wildman–Crippen LogP) is 2.62. The van der Waals surface area contributed by atoms with Crippen LogP contribution in [0.1, 0.15) is 16.1 Å². The molecule has 0 bridgehead atoms. The Labute approximate surface area is 97.6 Å². The molecule has 1 aromatic heterocycles. The van der Waals surface area contributed by atoms with Crippen LogP contribution < -0.4 is 5.32 Å². The number of H-pyrrole nitrogens is 1. The lowest BCUT2D eigenvalue weighted by atomic mass is 10.2. The Kier molecular flexibility index (Phi) is 2.92. The van der Waals surface area contributed by atoms with Crippen molar-refractivity contribution in [1.29, 1.82) is 0 Å². The van der Waals surface area contributed by atoms with Gasteiger partial charge in [-0.05, 0) is 36.8 Å². The summed E-state index contributed by atoms with van der Waals surface area (Å²) in [6.07, 6.45) is 1.53. The highest BCUT2D eigenvalue weighted by molar-refractivity contribution is 6.30. The van der Waals surface area contributed by atoms with Gasteiger partial charge in [0.15, 0.2) is 0 Å². The van der Waals surface area contributed by atoms with Gasteiger partial charge < -0.3 is 5.32 Å². The van der Waals surface area contributed by atoms with Crippen molar-refractivity contribution in [2.24, 2.45) is 0 Å². The molecule has 1 aromatic carbocycles. The van der Waals surface area contributed by atoms with Gasteiger partial charge in [0, 0.05) is 16.9 Å². The molecule has 2 N–H and O–H groups in total. The first-order valence-corrected chi connectivity index (χ1v) is 5.11. The third-order valence-electron chi connectivity index (χ3n) is 2.18. The number of aromatic amines is 1. The molecular weight excluding hydrogens is 226 g/mol. The van der Waals surface area contributed by atoms with Crippen molar-refractivity contribution in [2.45, 2.75) is 6.92 Å². The third kappa shape index (κ3) is 2.23. The minimum atomic E-state index is -0.220. The highest BCUT2D eigenvalue weighted by Gasteiger charge is 2.08. The van der Waals surface area contributed by atoms with Crippen LogP contribution in [0, 0.1) is 6.92 Å². The van der Waals surface area contributed by atoms with E-state index in [1.165, 1.54) is 6.20 Å². The zero-order valence-corrected chi connectivity index (χ0v) is 9.38. The summed E-state index contributed by atoms with van der Waals surface area (Å²) in [7, 11) is 0. The van der Waals surface area contributed by atoms with Gasteiger partial charge in [-0.1, -0.05) is 11.6 Å². The molecule has 0 atom stereocenters. The van der Waals surface area contributed by atoms with E-state index in [0.717, 1.165) is 11.3 Å². The first-order valence-electron chi connectivity index (χ1n) is 4.73. The fourth-order valence-electron chi connectivity index (χ4n) is 1.34. The zero-order valence-electron chi connectivity index (χ0n) is 8.62. The van der Waals surface area contributed by atoms with Crippen LogP contribution in [0.25, 0.3) is 0 Å². The van der Waals surface area contributed by atoms with Gasteiger partial charge in [0.05, 0.1) is 0 Å². The third-order valence-corrected chi connectivity index (χ3v) is 2.42. The van der Waals surface area contributed by atoms with E-state index < -0.39 is 0 Å². The van der Waals surface area contributed by atoms with Crippen molar-refractivity contribution < 1.29 is 4.79 Å². The maximum atomic E-state index is 11.7. The second-order valence-corrected chi connectivity index (χ2v) is 3.82. The van der Waals surface area contributed by atoms with Crippen LogP contribution in [0.5, 0.6) is 0 Å². The molecular formula is C11H10ClN3O. The first kappa shape index (κ1) is 10.7. The molecule has 0 fully saturated rings. The van der Waals surface area contributed by atoms with Gasteiger partial charge in [0.2, 0.25) is 0 Å². The molecule has 1 heterocycles. The molecule has 5 heteroatoms. The van der Waals surface area contributed by atoms with E-state index in [1.54, 1.807) is 24.3 Å². The van der Waals surface area contributed by atoms with E-state index in [4.69, 9.17) is 11.6 Å². The molecule has 2 rings (SSSR count). The Morgan fingerprint density at radius 3 is 2.88 bits per heavy atom. The molecule has 1 amide bonds. The largest absolute Gasteiger partial charge is 0.320 e. The number of halogens is 1. The van der Waals surface area contributed by atoms with Gasteiger partial charge in [0.1, 0.15) is 5.69 Å². The molecule has 0 aliphatic heterocycles. The number of carbonyl (C=O) groups is 1. The smallest absolute Gasteiger partial charge is 0.273 e. The summed E-state index contributed by atoms with van der Waals surface area (Å²) >= 11 is 5.82. The number of nitrogens with zero attached hydrogens (tertiary/aromatic N) is 1. The summed E-state index contributed by atoms with van der Waals surface area (Å²) in [6.45, 7) is 1.88. The van der Waals surface area contributed by atoms with Gasteiger partial charge in [-0.3, -0.25) is 9.89 Å². The Bertz CT molecular complexity index is 508. The molecule has 2 aromatic rings. The monoisotopic (exact) mass is 235 g/mol. The maximum absolute atomic E-state index is 11.7. The van der Waals surface area contributed by atoms with Crippen molar-refractivity contribution in [3.8, 4) is 0 Å². The standard InChI is InChI=1S/C11H10ClN3O/c1-7-6-8(12)2-3-9(7)14-11(16)10-4-5-13-15-10/h2-6H,1H3,(H,13,15)(H,14,16). The number of aryl methyl sites for hydroxylation is 1. The van der Waals surface area contributed by atoms with E-state index in [9.17, 15) is 4.79 Å². The van der Waals surface area contributed by atoms with Crippen LogP contribution in [0.3, 0.4) is 0 Å². The number of amides is 1. The number of aromatic nitrogens is 2. The fraction of sp³-hybridized carbons (Fsp3) is 0.0909. The average molecular weight is 236 g/mol. The van der Waals surface area contributed by atoms with Crippen LogP contribution in [0.2, 0.25) is 5.02 Å². The summed E-state index contributed by atoms with van der Waals surface area (Å²) in [5.41, 5.74) is 2.08. The second kappa shape index (κ2) is 4.37. The van der Waals surface area contributed by atoms with E-state index >= 15 is 0 Å². The summed E-state index contributed by atoms with van der Waals surface area (Å²) in [5, 5.41) is 9.74. The van der Waals surface area contributed by atoms with E-state index in [-0.39, 0.29) is 5.91 Å². The SMILES string of the molecule is Cc1cc(Cl)ccc1NC(=O)c1ccn[nH]1. The Morgan fingerprint density at radius 1 is 1.44 bits per heavy atom. The second-order valence-electron chi connectivity index (χ2n) is 3.38. The van der Waals surface area contributed by atoms with Crippen molar-refractivity contribution >= 4 is 23.2 Å². The van der Waals surface area contributed by atoms with Crippen molar-refractivity contribution in [3.05, 3.63) is 46.7 Å². The van der Waals surface area contributed by atoms with E-state index in [2.05, 4.69) is 15.5 Å². The number of anilines is 1. The fourth-order valence-corrected chi connectivity index (χ4v) is 1.57. The predicted molar refractivity (Wildman–Crippen MR) is 62.7 cm³/mol. The first-order chi connectivity index (χ1) is 7.66. The molecule has 0 saturated heterocycles. The summed E-state index contributed by atoms with van der Waals surface area (Å²) < 4.78 is 0. The Hall–Kier alpha value is -1.81. The highest BCUT2D eigenvalue weighted by atomic mass is 35.5. The van der Waals surface area contributed by atoms with E-state index in [1.807, 2.05) is 6.92 Å². The van der Waals surface area contributed by atoms with Crippen LogP contribution in [0.4, 0.5) is 5.69 Å². The van der Waals surface area contributed by atoms with Crippen LogP contribution in [-0.4, -0.2) is 16.1 Å². The highest BCUT2D eigenvalue weighted by Crippen LogP contribution is 2.19. The van der Waals surface area contributed by atoms with Crippen LogP contribution in [-0.2, 0) is 0 Å². The molecule has 0 unspecified atom stereocenters. The topological polar surface area (TPSA) is 57.8 Å². The van der Waals surface area contributed by atoms with Crippen molar-refractivity contribution in [1.82, 2.24) is 10.2 Å². The molecule has 0 aliphatic carbocycles. The molecule has 0 radical (unpaired) electrons. The number of rotatable bonds is 2. The number of carbonyl (C=O) groups excluding carboxylic acids is 1. The van der Waals surface area contributed by atoms with Crippen LogP contribution >= 0.6 is 11.6 Å². The van der Waals surface area contributed by atoms with Gasteiger partial charge in [0.25, 0.3) is 5.91 Å². The van der Waals surface area contributed by atoms with Crippen LogP contribution in [0.15, 0.2) is 30.5 Å². The lowest BCUT2D eigenvalue weighted by Crippen LogP contribution is -2.13. The van der Waals surface area contributed by atoms with E-state index in [0.29, 0.717) is 10.7 Å². The van der Waals surface area contributed by atoms with Gasteiger partial charge >= 0.3 is 0 Å². The number of benzene rings is 1. The molecule has 16 heavy (non-hydrogen) atoms. The average Bonchev–Trinajstić information content (AvgIpc) is 2.75. The minimum absolute atomic E-state index is 0.220. The normalized spacial score (nSPS) is 10.1. The lowest BCUT2D eigenvalue weighted by molar-refractivity contribution is 0.102. The molecule has 0 saturated carbocycles. The number of hydrogen-bond donors (Lipinski definition) is 2.